The van der Waals surface area contributed by atoms with Crippen molar-refractivity contribution in [2.24, 2.45) is 0 Å². The smallest absolute Gasteiger partial charge is 0.242 e. The first-order valence-corrected chi connectivity index (χ1v) is 12.2. The molecule has 0 spiro atoms. The number of hydrogen-bond acceptors (Lipinski definition) is 5. The summed E-state index contributed by atoms with van der Waals surface area (Å²) in [6.07, 6.45) is 0.371. The molecule has 0 N–H and O–H groups in total. The minimum absolute atomic E-state index is 0.0164. The van der Waals surface area contributed by atoms with Gasteiger partial charge in [0.25, 0.3) is 0 Å². The quantitative estimate of drug-likeness (QED) is 0.519. The highest BCUT2D eigenvalue weighted by Gasteiger charge is 2.27. The summed E-state index contributed by atoms with van der Waals surface area (Å²) in [5.41, 5.74) is 4.12. The summed E-state index contributed by atoms with van der Waals surface area (Å²) in [7, 11) is 0. The lowest BCUT2D eigenvalue weighted by molar-refractivity contribution is -0.142. The van der Waals surface area contributed by atoms with Crippen LogP contribution in [0.3, 0.4) is 0 Å². The third-order valence-electron chi connectivity index (χ3n) is 6.63. The van der Waals surface area contributed by atoms with E-state index >= 15 is 0 Å². The van der Waals surface area contributed by atoms with Crippen LogP contribution in [0.4, 0.5) is 5.82 Å². The molecular formula is C28H33N5O2. The molecule has 1 unspecified atom stereocenters. The third kappa shape index (κ3) is 5.85. The van der Waals surface area contributed by atoms with Gasteiger partial charge in [-0.25, -0.2) is 0 Å². The Kier molecular flexibility index (Phi) is 7.75. The van der Waals surface area contributed by atoms with E-state index in [1.807, 2.05) is 61.2 Å². The zero-order valence-corrected chi connectivity index (χ0v) is 20.7. The number of nitrogens with zero attached hydrogens (tertiary/aromatic N) is 5. The Morgan fingerprint density at radius 2 is 1.60 bits per heavy atom. The molecule has 182 valence electrons. The second-order valence-corrected chi connectivity index (χ2v) is 8.97. The fourth-order valence-electron chi connectivity index (χ4n) is 4.36. The molecule has 2 amide bonds. The summed E-state index contributed by atoms with van der Waals surface area (Å²) in [6, 6.07) is 21.9. The van der Waals surface area contributed by atoms with E-state index in [-0.39, 0.29) is 24.4 Å². The summed E-state index contributed by atoms with van der Waals surface area (Å²) in [6.45, 7) is 8.51. The molecule has 2 aromatic carbocycles. The number of anilines is 1. The predicted molar refractivity (Wildman–Crippen MR) is 138 cm³/mol. The molecule has 0 bridgehead atoms. The van der Waals surface area contributed by atoms with Crippen LogP contribution in [-0.2, 0) is 9.59 Å². The van der Waals surface area contributed by atoms with Gasteiger partial charge in [-0.3, -0.25) is 9.59 Å². The first-order chi connectivity index (χ1) is 17.0. The monoisotopic (exact) mass is 471 g/mol. The van der Waals surface area contributed by atoms with Crippen LogP contribution in [-0.4, -0.2) is 64.5 Å². The molecule has 3 aromatic rings. The number of piperazine rings is 1. The van der Waals surface area contributed by atoms with Crippen molar-refractivity contribution < 1.29 is 9.59 Å². The fraction of sp³-hybridized carbons (Fsp3) is 0.357. The first kappa shape index (κ1) is 24.4. The van der Waals surface area contributed by atoms with Crippen LogP contribution in [0, 0.1) is 6.92 Å². The van der Waals surface area contributed by atoms with Gasteiger partial charge < -0.3 is 14.7 Å². The molecule has 1 aromatic heterocycles. The van der Waals surface area contributed by atoms with E-state index in [0.29, 0.717) is 32.6 Å². The van der Waals surface area contributed by atoms with Gasteiger partial charge in [0.1, 0.15) is 6.54 Å². The molecule has 1 fully saturated rings. The molecule has 1 aliphatic heterocycles. The second-order valence-electron chi connectivity index (χ2n) is 8.97. The summed E-state index contributed by atoms with van der Waals surface area (Å²) in [5, 5.41) is 8.84. The van der Waals surface area contributed by atoms with Crippen LogP contribution in [0.5, 0.6) is 0 Å². The van der Waals surface area contributed by atoms with E-state index in [4.69, 9.17) is 0 Å². The van der Waals surface area contributed by atoms with E-state index in [1.165, 1.54) is 5.56 Å². The van der Waals surface area contributed by atoms with Gasteiger partial charge in [0, 0.05) is 38.2 Å². The van der Waals surface area contributed by atoms with Crippen molar-refractivity contribution >= 4 is 17.6 Å². The molecule has 0 saturated carbocycles. The van der Waals surface area contributed by atoms with Crippen LogP contribution >= 0.6 is 0 Å². The van der Waals surface area contributed by atoms with E-state index in [2.05, 4.69) is 46.3 Å². The van der Waals surface area contributed by atoms with Gasteiger partial charge in [-0.05, 0) is 31.5 Å². The van der Waals surface area contributed by atoms with Gasteiger partial charge in [-0.1, -0.05) is 67.1 Å². The number of aromatic nitrogens is 2. The highest BCUT2D eigenvalue weighted by atomic mass is 16.2. The predicted octanol–water partition coefficient (Wildman–Crippen LogP) is 4.10. The minimum atomic E-state index is -0.156. The standard InChI is InChI=1S/C28H33N5O2/c1-4-27(34)33(22(3)23-8-6-5-7-9-23)20-28(35)32-18-16-31(17-19-32)26-15-14-25(29-30-26)24-12-10-21(2)11-13-24/h5-15,22H,4,16-20H2,1-3H3. The molecule has 4 rings (SSSR count). The average molecular weight is 472 g/mol. The van der Waals surface area contributed by atoms with Crippen LogP contribution in [0.15, 0.2) is 66.7 Å². The topological polar surface area (TPSA) is 69.6 Å². The third-order valence-corrected chi connectivity index (χ3v) is 6.63. The zero-order valence-electron chi connectivity index (χ0n) is 20.7. The van der Waals surface area contributed by atoms with E-state index < -0.39 is 0 Å². The molecule has 1 saturated heterocycles. The van der Waals surface area contributed by atoms with Gasteiger partial charge >= 0.3 is 0 Å². The number of carbonyl (C=O) groups is 2. The van der Waals surface area contributed by atoms with Crippen molar-refractivity contribution in [1.82, 2.24) is 20.0 Å². The maximum absolute atomic E-state index is 13.1. The Labute approximate surface area is 207 Å². The zero-order chi connectivity index (χ0) is 24.8. The molecular weight excluding hydrogens is 438 g/mol. The lowest BCUT2D eigenvalue weighted by Crippen LogP contribution is -2.52. The van der Waals surface area contributed by atoms with Crippen molar-refractivity contribution in [3.8, 4) is 11.3 Å². The Bertz CT molecular complexity index is 1120. The van der Waals surface area contributed by atoms with E-state index in [0.717, 1.165) is 22.6 Å². The van der Waals surface area contributed by atoms with Crippen LogP contribution in [0.1, 0.15) is 37.4 Å². The molecule has 7 heteroatoms. The second kappa shape index (κ2) is 11.1. The number of benzene rings is 2. The average Bonchev–Trinajstić information content (AvgIpc) is 2.92. The Hall–Kier alpha value is -3.74. The summed E-state index contributed by atoms with van der Waals surface area (Å²) in [5.74, 6) is 0.778. The SMILES string of the molecule is CCC(=O)N(CC(=O)N1CCN(c2ccc(-c3ccc(C)cc3)nn2)CC1)C(C)c1ccccc1. The molecule has 7 nitrogen and oxygen atoms in total. The summed E-state index contributed by atoms with van der Waals surface area (Å²) >= 11 is 0. The van der Waals surface area contributed by atoms with E-state index in [1.54, 1.807) is 4.90 Å². The molecule has 2 heterocycles. The Morgan fingerprint density at radius 3 is 2.20 bits per heavy atom. The van der Waals surface area contributed by atoms with Gasteiger partial charge in [0.2, 0.25) is 11.8 Å². The Morgan fingerprint density at radius 1 is 0.914 bits per heavy atom. The van der Waals surface area contributed by atoms with Crippen molar-refractivity contribution in [2.75, 3.05) is 37.6 Å². The van der Waals surface area contributed by atoms with Crippen LogP contribution in [0.25, 0.3) is 11.3 Å². The number of rotatable bonds is 7. The van der Waals surface area contributed by atoms with Crippen LogP contribution < -0.4 is 4.90 Å². The number of carbonyl (C=O) groups excluding carboxylic acids is 2. The largest absolute Gasteiger partial charge is 0.352 e. The van der Waals surface area contributed by atoms with Crippen molar-refractivity contribution in [1.29, 1.82) is 0 Å². The van der Waals surface area contributed by atoms with Crippen LogP contribution in [0.2, 0.25) is 0 Å². The molecule has 0 radical (unpaired) electrons. The summed E-state index contributed by atoms with van der Waals surface area (Å²) < 4.78 is 0. The van der Waals surface area contributed by atoms with Crippen molar-refractivity contribution in [3.63, 3.8) is 0 Å². The highest BCUT2D eigenvalue weighted by molar-refractivity contribution is 5.85. The van der Waals surface area contributed by atoms with Gasteiger partial charge in [0.05, 0.1) is 11.7 Å². The lowest BCUT2D eigenvalue weighted by atomic mass is 10.1. The van der Waals surface area contributed by atoms with Gasteiger partial charge in [0.15, 0.2) is 5.82 Å². The number of hydrogen-bond donors (Lipinski definition) is 0. The van der Waals surface area contributed by atoms with E-state index in [9.17, 15) is 9.59 Å². The summed E-state index contributed by atoms with van der Waals surface area (Å²) in [4.78, 5) is 31.5. The molecule has 0 aliphatic carbocycles. The van der Waals surface area contributed by atoms with Gasteiger partial charge in [-0.15, -0.1) is 10.2 Å². The lowest BCUT2D eigenvalue weighted by Gasteiger charge is -2.37. The molecule has 1 atom stereocenters. The molecule has 1 aliphatic rings. The van der Waals surface area contributed by atoms with Gasteiger partial charge in [-0.2, -0.15) is 0 Å². The number of amides is 2. The Balaban J connectivity index is 1.35. The first-order valence-electron chi connectivity index (χ1n) is 12.2. The minimum Gasteiger partial charge on any atom is -0.352 e. The van der Waals surface area contributed by atoms with Crippen molar-refractivity contribution in [3.05, 3.63) is 77.9 Å². The normalized spacial score (nSPS) is 14.5. The maximum atomic E-state index is 13.1. The van der Waals surface area contributed by atoms with Crippen molar-refractivity contribution in [2.45, 2.75) is 33.2 Å². The highest BCUT2D eigenvalue weighted by Crippen LogP contribution is 2.22. The molecule has 35 heavy (non-hydrogen) atoms. The fourth-order valence-corrected chi connectivity index (χ4v) is 4.36. The number of aryl methyl sites for hydroxylation is 1. The maximum Gasteiger partial charge on any atom is 0.242 e.